The van der Waals surface area contributed by atoms with Crippen molar-refractivity contribution in [1.82, 2.24) is 25.2 Å². The number of Topliss-reactive ketones (excluding diaryl/α,β-unsaturated/α-hetero) is 2. The van der Waals surface area contributed by atoms with Gasteiger partial charge in [0.25, 0.3) is 10.0 Å². The molecule has 3 heterocycles. The van der Waals surface area contributed by atoms with E-state index in [1.165, 1.54) is 4.90 Å². The third-order valence-corrected chi connectivity index (χ3v) is 19.7. The number of nitrogens with two attached hydrogens (primary N) is 2. The Morgan fingerprint density at radius 1 is 0.750 bits per heavy atom. The Labute approximate surface area is 546 Å². The largest absolute Gasteiger partial charge is 0.487 e. The minimum absolute atomic E-state index is 0.0251. The summed E-state index contributed by atoms with van der Waals surface area (Å²) in [5, 5.41) is 6.98. The number of nitrogens with one attached hydrogen (secondary N) is 3. The van der Waals surface area contributed by atoms with Gasteiger partial charge < -0.3 is 40.8 Å². The molecule has 6 atom stereocenters. The predicted molar refractivity (Wildman–Crippen MR) is 358 cm³/mol. The quantitative estimate of drug-likeness (QED) is 0.0117. The molecule has 0 spiro atoms. The van der Waals surface area contributed by atoms with Gasteiger partial charge in [-0.2, -0.15) is 0 Å². The van der Waals surface area contributed by atoms with E-state index in [4.69, 9.17) is 25.7 Å². The first-order chi connectivity index (χ1) is 43.3. The number of aryl methyl sites for hydroxylation is 1. The van der Waals surface area contributed by atoms with Gasteiger partial charge in [0.1, 0.15) is 34.8 Å². The number of guanidine groups is 1. The summed E-state index contributed by atoms with van der Waals surface area (Å²) in [6.45, 7) is 24.7. The third kappa shape index (κ3) is 18.2. The van der Waals surface area contributed by atoms with Crippen LogP contribution in [0.2, 0.25) is 0 Å². The topological polar surface area (TPSA) is 271 Å². The van der Waals surface area contributed by atoms with E-state index in [-0.39, 0.29) is 92.2 Å². The van der Waals surface area contributed by atoms with Gasteiger partial charge in [-0.15, -0.1) is 0 Å². The highest BCUT2D eigenvalue weighted by atomic mass is 32.2. The molecule has 0 aromatic heterocycles. The molecular weight excluding hydrogens is 1180 g/mol. The van der Waals surface area contributed by atoms with Crippen molar-refractivity contribution < 1.29 is 51.4 Å². The molecule has 92 heavy (non-hydrogen) atoms. The highest BCUT2D eigenvalue weighted by Gasteiger charge is 2.45. The molecule has 2 saturated heterocycles. The standard InChI is InChI=1S/C72H102N8O11S/c1-46-33-35-54(36-34-46)72(52-26-16-14-17-27-52,53-28-18-15-19-29-53)76-40-21-20-30-58(77-64(83)57(44-55(81)45-73)50(5)89-69(6,7)8)65(84)80-42-24-32-60(80)66(85)79-41-23-31-59(79)61(82)43-51(67(86)91-70(9,10)11)25-22-39-75-68(74)78-92(87,88)63-48(3)47(2)62-56(49(63)4)37-38-71(12,13)90-62/h14-19,26-29,33-36,50-51,57-60,76H,20-25,30-32,37-45,73H2,1-13H3,(H,77,83)(H3,74,75,78)/t50-,51?,57?,58?,59?,60?/m1/s1. The number of fused-ring (bicyclic) bond motifs is 1. The van der Waals surface area contributed by atoms with Crippen molar-refractivity contribution in [2.45, 2.75) is 225 Å². The molecule has 7 N–H and O–H groups in total. The Morgan fingerprint density at radius 2 is 1.35 bits per heavy atom. The zero-order valence-electron chi connectivity index (χ0n) is 56.7. The zero-order chi connectivity index (χ0) is 67.5. The molecule has 3 aliphatic rings. The number of nitrogens with zero attached hydrogens (tertiary/aromatic N) is 3. The van der Waals surface area contributed by atoms with Crippen LogP contribution in [-0.2, 0) is 60.2 Å². The van der Waals surface area contributed by atoms with Crippen molar-refractivity contribution >= 4 is 51.2 Å². The average Bonchev–Trinajstić information content (AvgIpc) is 0.952. The predicted octanol–water partition coefficient (Wildman–Crippen LogP) is 9.27. The molecule has 0 aliphatic carbocycles. The minimum atomic E-state index is -4.18. The fourth-order valence-electron chi connectivity index (χ4n) is 13.3. The van der Waals surface area contributed by atoms with Crippen molar-refractivity contribution in [3.63, 3.8) is 0 Å². The number of unbranched alkanes of at least 4 members (excludes halogenated alkanes) is 1. The highest BCUT2D eigenvalue weighted by Crippen LogP contribution is 2.43. The second-order valence-electron chi connectivity index (χ2n) is 28.0. The molecular formula is C72H102N8O11S. The number of carbonyl (C=O) groups is 6. The molecule has 2 fully saturated rings. The van der Waals surface area contributed by atoms with Gasteiger partial charge in [0.15, 0.2) is 5.78 Å². The van der Waals surface area contributed by atoms with Crippen LogP contribution in [-0.4, -0.2) is 133 Å². The van der Waals surface area contributed by atoms with Gasteiger partial charge >= 0.3 is 5.97 Å². The van der Waals surface area contributed by atoms with E-state index in [9.17, 15) is 27.6 Å². The van der Waals surface area contributed by atoms with Gasteiger partial charge in [-0.25, -0.2) is 13.1 Å². The average molecular weight is 1290 g/mol. The normalized spacial score (nSPS) is 18.3. The van der Waals surface area contributed by atoms with Gasteiger partial charge in [0.2, 0.25) is 23.7 Å². The Balaban J connectivity index is 1.07. The smallest absolute Gasteiger partial charge is 0.309 e. The number of benzene rings is 4. The molecule has 7 rings (SSSR count). The van der Waals surface area contributed by atoms with Gasteiger partial charge in [-0.1, -0.05) is 90.5 Å². The number of rotatable bonds is 28. The van der Waals surface area contributed by atoms with Crippen molar-refractivity contribution in [2.24, 2.45) is 28.3 Å². The van der Waals surface area contributed by atoms with Crippen LogP contribution < -0.4 is 31.6 Å². The number of hydrogen-bond acceptors (Lipinski definition) is 14. The molecule has 3 amide bonds. The van der Waals surface area contributed by atoms with Crippen molar-refractivity contribution in [2.75, 3.05) is 32.7 Å². The molecule has 20 heteroatoms. The molecule has 0 bridgehead atoms. The number of amides is 3. The molecule has 0 radical (unpaired) electrons. The van der Waals surface area contributed by atoms with Crippen LogP contribution in [0.25, 0.3) is 0 Å². The number of ketones is 2. The number of likely N-dealkylation sites (tertiary alicyclic amines) is 2. The van der Waals surface area contributed by atoms with Crippen molar-refractivity contribution in [3.05, 3.63) is 129 Å². The fourth-order valence-corrected chi connectivity index (χ4v) is 14.9. The number of hydrogen-bond donors (Lipinski definition) is 5. The first kappa shape index (κ1) is 72.4. The van der Waals surface area contributed by atoms with Crippen LogP contribution in [0.3, 0.4) is 0 Å². The van der Waals surface area contributed by atoms with Crippen molar-refractivity contribution in [1.29, 1.82) is 0 Å². The minimum Gasteiger partial charge on any atom is -0.487 e. The van der Waals surface area contributed by atoms with E-state index in [2.05, 4.69) is 75.8 Å². The molecule has 19 nitrogen and oxygen atoms in total. The molecule has 5 unspecified atom stereocenters. The number of esters is 1. The summed E-state index contributed by atoms with van der Waals surface area (Å²) in [7, 11) is -4.18. The summed E-state index contributed by atoms with van der Waals surface area (Å²) in [6.07, 6.45) is 3.57. The Morgan fingerprint density at radius 3 is 1.95 bits per heavy atom. The number of aliphatic imine (C=N–C) groups is 1. The summed E-state index contributed by atoms with van der Waals surface area (Å²) in [5.74, 6) is -4.15. The van der Waals surface area contributed by atoms with Gasteiger partial charge in [0.05, 0.1) is 46.6 Å². The second-order valence-corrected chi connectivity index (χ2v) is 29.6. The maximum Gasteiger partial charge on any atom is 0.309 e. The summed E-state index contributed by atoms with van der Waals surface area (Å²) >= 11 is 0. The van der Waals surface area contributed by atoms with Crippen LogP contribution in [0, 0.1) is 39.5 Å². The maximum absolute atomic E-state index is 15.3. The SMILES string of the molecule is Cc1ccc(C(NCCCCC(NC(=O)C(CC(=O)CN)[C@@H](C)OC(C)(C)C)C(=O)N2CCCC2C(=O)N2CCCC2C(=O)CC(CCCN=C(N)NS(=O)(=O)c2c(C)c(C)c3c(c2C)CCC(C)(C)O3)C(=O)OC(C)(C)C)(c2ccccc2)c2ccccc2)cc1. The summed E-state index contributed by atoms with van der Waals surface area (Å²) in [4.78, 5) is 94.1. The zero-order valence-corrected chi connectivity index (χ0v) is 57.5. The van der Waals surface area contributed by atoms with Gasteiger partial charge in [-0.05, 0) is 206 Å². The lowest BCUT2D eigenvalue weighted by Gasteiger charge is -2.37. The molecule has 0 saturated carbocycles. The number of sulfonamides is 1. The summed E-state index contributed by atoms with van der Waals surface area (Å²) in [5.41, 5.74) is 16.4. The molecule has 3 aliphatic heterocycles. The highest BCUT2D eigenvalue weighted by molar-refractivity contribution is 7.90. The fraction of sp³-hybridized carbons (Fsp3) is 0.569. The van der Waals surface area contributed by atoms with E-state index in [0.717, 1.165) is 39.8 Å². The van der Waals surface area contributed by atoms with E-state index in [1.807, 2.05) is 77.9 Å². The Hall–Kier alpha value is -7.00. The summed E-state index contributed by atoms with van der Waals surface area (Å²) < 4.78 is 48.8. The van der Waals surface area contributed by atoms with Crippen molar-refractivity contribution in [3.8, 4) is 5.75 Å². The van der Waals surface area contributed by atoms with E-state index >= 15 is 9.59 Å². The Bertz CT molecular complexity index is 3360. The van der Waals surface area contributed by atoms with E-state index in [1.54, 1.807) is 46.4 Å². The van der Waals surface area contributed by atoms with Gasteiger partial charge in [0, 0.05) is 32.5 Å². The molecule has 4 aromatic carbocycles. The second kappa shape index (κ2) is 30.8. The van der Waals surface area contributed by atoms with E-state index in [0.29, 0.717) is 68.4 Å². The lowest BCUT2D eigenvalue weighted by Crippen LogP contribution is -2.56. The maximum atomic E-state index is 15.3. The van der Waals surface area contributed by atoms with Crippen LogP contribution in [0.1, 0.15) is 184 Å². The molecule has 4 aromatic rings. The van der Waals surface area contributed by atoms with Gasteiger partial charge in [-0.3, -0.25) is 39.1 Å². The lowest BCUT2D eigenvalue weighted by molar-refractivity contribution is -0.161. The van der Waals surface area contributed by atoms with Crippen LogP contribution >= 0.6 is 0 Å². The summed E-state index contributed by atoms with van der Waals surface area (Å²) in [6, 6.07) is 26.1. The molecule has 502 valence electrons. The van der Waals surface area contributed by atoms with Crippen LogP contribution in [0.15, 0.2) is 94.8 Å². The lowest BCUT2D eigenvalue weighted by atomic mass is 9.76. The first-order valence-corrected chi connectivity index (χ1v) is 34.4. The number of carbonyl (C=O) groups excluding carboxylic acids is 6. The monoisotopic (exact) mass is 1290 g/mol. The first-order valence-electron chi connectivity index (χ1n) is 32.9. The Kier molecular flexibility index (Phi) is 24.3. The van der Waals surface area contributed by atoms with E-state index < -0.39 is 80.6 Å². The number of ether oxygens (including phenoxy) is 3. The third-order valence-electron chi connectivity index (χ3n) is 18.0. The van der Waals surface area contributed by atoms with Crippen LogP contribution in [0.4, 0.5) is 0 Å². The van der Waals surface area contributed by atoms with Crippen LogP contribution in [0.5, 0.6) is 5.75 Å².